The van der Waals surface area contributed by atoms with Gasteiger partial charge in [0.25, 0.3) is 5.91 Å². The predicted molar refractivity (Wildman–Crippen MR) is 79.7 cm³/mol. The molecule has 0 aliphatic carbocycles. The highest BCUT2D eigenvalue weighted by Crippen LogP contribution is 2.04. The molecule has 0 unspecified atom stereocenters. The zero-order chi connectivity index (χ0) is 14.1. The number of allylic oxidation sites excluding steroid dienone is 1. The van der Waals surface area contributed by atoms with E-state index in [-0.39, 0.29) is 5.91 Å². The van der Waals surface area contributed by atoms with Crippen LogP contribution in [0.25, 0.3) is 0 Å². The molecule has 0 aliphatic heterocycles. The molecule has 0 aliphatic rings. The topological polar surface area (TPSA) is 29.1 Å². The molecule has 2 radical (unpaired) electrons. The molecule has 0 atom stereocenters. The van der Waals surface area contributed by atoms with Crippen molar-refractivity contribution in [3.05, 3.63) is 41.0 Å². The maximum Gasteiger partial charge on any atom is 0.251 e. The van der Waals surface area contributed by atoms with E-state index in [1.165, 1.54) is 5.57 Å². The average molecular weight is 243 g/mol. The summed E-state index contributed by atoms with van der Waals surface area (Å²) in [5.74, 6) is -0.0602. The Morgan fingerprint density at radius 2 is 1.94 bits per heavy atom. The van der Waals surface area contributed by atoms with Crippen LogP contribution in [0.1, 0.15) is 43.6 Å². The summed E-state index contributed by atoms with van der Waals surface area (Å²) in [5, 5.41) is 2.83. The second-order valence-electron chi connectivity index (χ2n) is 4.07. The fourth-order valence-corrected chi connectivity index (χ4v) is 1.38. The number of aryl methyl sites for hydroxylation is 1. The van der Waals surface area contributed by atoms with Gasteiger partial charge in [-0.1, -0.05) is 43.1 Å². The second-order valence-corrected chi connectivity index (χ2v) is 4.07. The maximum absolute atomic E-state index is 11.8. The van der Waals surface area contributed by atoms with Crippen molar-refractivity contribution in [2.75, 3.05) is 6.54 Å². The van der Waals surface area contributed by atoms with Gasteiger partial charge in [-0.2, -0.15) is 0 Å². The van der Waals surface area contributed by atoms with Crippen molar-refractivity contribution < 1.29 is 4.79 Å². The van der Waals surface area contributed by atoms with Crippen LogP contribution in [-0.2, 0) is 0 Å². The van der Waals surface area contributed by atoms with Crippen LogP contribution < -0.4 is 10.8 Å². The maximum atomic E-state index is 11.8. The molecule has 2 nitrogen and oxygen atoms in total. The Hall–Kier alpha value is -1.51. The van der Waals surface area contributed by atoms with Gasteiger partial charge in [0.1, 0.15) is 7.85 Å². The van der Waals surface area contributed by atoms with E-state index < -0.39 is 0 Å². The number of nitrogens with one attached hydrogen (secondary N) is 1. The Morgan fingerprint density at radius 3 is 2.44 bits per heavy atom. The van der Waals surface area contributed by atoms with Crippen molar-refractivity contribution in [1.29, 1.82) is 0 Å². The first kappa shape index (κ1) is 16.5. The van der Waals surface area contributed by atoms with Crippen molar-refractivity contribution in [3.63, 3.8) is 0 Å². The van der Waals surface area contributed by atoms with Crippen molar-refractivity contribution in [2.45, 2.75) is 34.6 Å². The zero-order valence-electron chi connectivity index (χ0n) is 12.0. The molecule has 1 rings (SSSR count). The van der Waals surface area contributed by atoms with Gasteiger partial charge in [0.2, 0.25) is 0 Å². The Kier molecular flexibility index (Phi) is 7.85. The summed E-state index contributed by atoms with van der Waals surface area (Å²) >= 11 is 0. The van der Waals surface area contributed by atoms with Crippen LogP contribution in [0.2, 0.25) is 0 Å². The van der Waals surface area contributed by atoms with Crippen LogP contribution in [0.5, 0.6) is 0 Å². The Bertz CT molecular complexity index is 421. The Balaban J connectivity index is 0.00000137. The van der Waals surface area contributed by atoms with Gasteiger partial charge in [-0.3, -0.25) is 4.79 Å². The van der Waals surface area contributed by atoms with E-state index in [0.29, 0.717) is 17.6 Å². The molecule has 1 aromatic rings. The minimum atomic E-state index is -0.0602. The first-order chi connectivity index (χ1) is 8.50. The molecule has 0 aromatic heterocycles. The van der Waals surface area contributed by atoms with E-state index in [9.17, 15) is 4.79 Å². The monoisotopic (exact) mass is 243 g/mol. The van der Waals surface area contributed by atoms with Crippen LogP contribution in [0.3, 0.4) is 0 Å². The van der Waals surface area contributed by atoms with Crippen LogP contribution in [-0.4, -0.2) is 20.3 Å². The van der Waals surface area contributed by atoms with Crippen LogP contribution in [0, 0.1) is 6.92 Å². The van der Waals surface area contributed by atoms with Gasteiger partial charge in [0, 0.05) is 12.1 Å². The van der Waals surface area contributed by atoms with E-state index in [2.05, 4.69) is 5.32 Å². The average Bonchev–Trinajstić information content (AvgIpc) is 2.30. The van der Waals surface area contributed by atoms with Crippen LogP contribution >= 0.6 is 0 Å². The number of benzene rings is 1. The highest BCUT2D eigenvalue weighted by Gasteiger charge is 2.06. The van der Waals surface area contributed by atoms with E-state index in [1.54, 1.807) is 18.2 Å². The van der Waals surface area contributed by atoms with Crippen LogP contribution in [0.15, 0.2) is 29.8 Å². The van der Waals surface area contributed by atoms with E-state index >= 15 is 0 Å². The first-order valence-electron chi connectivity index (χ1n) is 6.28. The van der Waals surface area contributed by atoms with Crippen molar-refractivity contribution in [3.8, 4) is 0 Å². The molecule has 1 aromatic carbocycles. The molecule has 3 heteroatoms. The smallest absolute Gasteiger partial charge is 0.251 e. The summed E-state index contributed by atoms with van der Waals surface area (Å²) in [6.45, 7) is 10.4. The summed E-state index contributed by atoms with van der Waals surface area (Å²) in [6.07, 6.45) is 1.98. The van der Waals surface area contributed by atoms with Gasteiger partial charge in [-0.25, -0.2) is 0 Å². The number of amides is 1. The standard InChI is InChI=1S/C13H16BNO.C2H6/c1-9(2)6-7-15-13(16)12-5-4-11(14)8-10(12)3;1-2/h4-6,8H,7H2,1-3H3,(H,15,16);1-2H3. The number of hydrogen-bond acceptors (Lipinski definition) is 1. The van der Waals surface area contributed by atoms with Gasteiger partial charge < -0.3 is 5.32 Å². The molecular formula is C15H22BNO. The molecule has 0 spiro atoms. The highest BCUT2D eigenvalue weighted by atomic mass is 16.1. The molecular weight excluding hydrogens is 221 g/mol. The van der Waals surface area contributed by atoms with Crippen molar-refractivity contribution in [2.24, 2.45) is 0 Å². The number of carbonyl (C=O) groups is 1. The van der Waals surface area contributed by atoms with Gasteiger partial charge in [0.15, 0.2) is 0 Å². The molecule has 0 fully saturated rings. The number of hydrogen-bond donors (Lipinski definition) is 1. The molecule has 1 amide bonds. The van der Waals surface area contributed by atoms with Crippen molar-refractivity contribution >= 4 is 19.2 Å². The Morgan fingerprint density at radius 1 is 1.33 bits per heavy atom. The molecule has 96 valence electrons. The van der Waals surface area contributed by atoms with Gasteiger partial charge >= 0.3 is 0 Å². The summed E-state index contributed by atoms with van der Waals surface area (Å²) in [4.78, 5) is 11.8. The lowest BCUT2D eigenvalue weighted by Crippen LogP contribution is -2.25. The fraction of sp³-hybridized carbons (Fsp3) is 0.400. The summed E-state index contributed by atoms with van der Waals surface area (Å²) in [6, 6.07) is 5.29. The normalized spacial score (nSPS) is 8.94. The fourth-order valence-electron chi connectivity index (χ4n) is 1.38. The van der Waals surface area contributed by atoms with Gasteiger partial charge in [0.05, 0.1) is 0 Å². The van der Waals surface area contributed by atoms with Crippen molar-refractivity contribution in [1.82, 2.24) is 5.32 Å². The lowest BCUT2D eigenvalue weighted by atomic mass is 9.92. The lowest BCUT2D eigenvalue weighted by Gasteiger charge is -2.07. The van der Waals surface area contributed by atoms with Gasteiger partial charge in [-0.05, 0) is 32.4 Å². The minimum Gasteiger partial charge on any atom is -0.349 e. The molecule has 1 N–H and O–H groups in total. The summed E-state index contributed by atoms with van der Waals surface area (Å²) in [5.41, 5.74) is 3.44. The molecule has 0 saturated carbocycles. The van der Waals surface area contributed by atoms with Crippen LogP contribution in [0.4, 0.5) is 0 Å². The van der Waals surface area contributed by atoms with Gasteiger partial charge in [-0.15, -0.1) is 0 Å². The second kappa shape index (κ2) is 8.57. The van der Waals surface area contributed by atoms with E-state index in [1.807, 2.05) is 40.7 Å². The number of carbonyl (C=O) groups excluding carboxylic acids is 1. The third-order valence-corrected chi connectivity index (χ3v) is 2.27. The quantitative estimate of drug-likeness (QED) is 0.641. The largest absolute Gasteiger partial charge is 0.349 e. The molecule has 0 bridgehead atoms. The third-order valence-electron chi connectivity index (χ3n) is 2.27. The van der Waals surface area contributed by atoms with E-state index in [4.69, 9.17) is 7.85 Å². The first-order valence-corrected chi connectivity index (χ1v) is 6.28. The molecule has 18 heavy (non-hydrogen) atoms. The zero-order valence-corrected chi connectivity index (χ0v) is 12.0. The lowest BCUT2D eigenvalue weighted by molar-refractivity contribution is 0.0957. The molecule has 0 saturated heterocycles. The SMILES string of the molecule is CC.[B]c1ccc(C(=O)NCC=C(C)C)c(C)c1. The summed E-state index contributed by atoms with van der Waals surface area (Å²) in [7, 11) is 5.63. The highest BCUT2D eigenvalue weighted by molar-refractivity contribution is 6.32. The number of rotatable bonds is 3. The Labute approximate surface area is 112 Å². The predicted octanol–water partition coefficient (Wildman–Crippen LogP) is 2.51. The summed E-state index contributed by atoms with van der Waals surface area (Å²) < 4.78 is 0. The molecule has 0 heterocycles. The minimum absolute atomic E-state index is 0.0602. The third kappa shape index (κ3) is 5.71. The van der Waals surface area contributed by atoms with E-state index in [0.717, 1.165) is 5.56 Å².